The molecule has 2 heterocycles. The van der Waals surface area contributed by atoms with E-state index >= 15 is 0 Å². The molecule has 29 heavy (non-hydrogen) atoms. The van der Waals surface area contributed by atoms with Crippen LogP contribution in [-0.2, 0) is 11.3 Å². The second-order valence-electron chi connectivity index (χ2n) is 7.03. The second-order valence-corrected chi connectivity index (χ2v) is 7.03. The van der Waals surface area contributed by atoms with E-state index in [0.717, 1.165) is 31.0 Å². The first-order valence-electron chi connectivity index (χ1n) is 9.39. The SMILES string of the molecule is O=C(c1cc(=O)c2cc(F)ccc2o1)N(Cc1ccccc1F)C[C@@H]1CCCO1. The van der Waals surface area contributed by atoms with Crippen molar-refractivity contribution in [1.29, 1.82) is 0 Å². The van der Waals surface area contributed by atoms with Crippen LogP contribution in [0.15, 0.2) is 57.7 Å². The molecule has 0 radical (unpaired) electrons. The monoisotopic (exact) mass is 399 g/mol. The quantitative estimate of drug-likeness (QED) is 0.653. The predicted octanol–water partition coefficient (Wildman–Crippen LogP) is 3.89. The minimum Gasteiger partial charge on any atom is -0.451 e. The fraction of sp³-hybridized carbons (Fsp3) is 0.273. The van der Waals surface area contributed by atoms with Crippen LogP contribution in [-0.4, -0.2) is 30.1 Å². The van der Waals surface area contributed by atoms with Crippen LogP contribution in [0.4, 0.5) is 8.78 Å². The Labute approximate surface area is 165 Å². The van der Waals surface area contributed by atoms with Crippen LogP contribution in [0, 0.1) is 11.6 Å². The number of ether oxygens (including phenoxy) is 1. The smallest absolute Gasteiger partial charge is 0.290 e. The standard InChI is InChI=1S/C22H19F2NO4/c23-15-7-8-20-17(10-15)19(26)11-21(29-20)22(27)25(13-16-5-3-9-28-16)12-14-4-1-2-6-18(14)24/h1-2,4,6-8,10-11,16H,3,5,9,12-13H2/t16-/m0/s1. The highest BCUT2D eigenvalue weighted by atomic mass is 19.1. The van der Waals surface area contributed by atoms with Crippen molar-refractivity contribution in [3.63, 3.8) is 0 Å². The summed E-state index contributed by atoms with van der Waals surface area (Å²) in [7, 11) is 0. The van der Waals surface area contributed by atoms with Gasteiger partial charge in [0.05, 0.1) is 11.5 Å². The lowest BCUT2D eigenvalue weighted by Crippen LogP contribution is -2.37. The maximum absolute atomic E-state index is 14.2. The maximum Gasteiger partial charge on any atom is 0.290 e. The summed E-state index contributed by atoms with van der Waals surface area (Å²) in [5.41, 5.74) is -0.0497. The number of fused-ring (bicyclic) bond motifs is 1. The molecular weight excluding hydrogens is 380 g/mol. The first-order chi connectivity index (χ1) is 14.0. The molecule has 3 aromatic rings. The molecule has 1 atom stereocenters. The van der Waals surface area contributed by atoms with Gasteiger partial charge in [-0.25, -0.2) is 8.78 Å². The molecule has 0 unspecified atom stereocenters. The Kier molecular flexibility index (Phi) is 5.40. The minimum atomic E-state index is -0.566. The zero-order valence-electron chi connectivity index (χ0n) is 15.6. The van der Waals surface area contributed by atoms with E-state index in [9.17, 15) is 18.4 Å². The third kappa shape index (κ3) is 4.19. The highest BCUT2D eigenvalue weighted by Gasteiger charge is 2.26. The van der Waals surface area contributed by atoms with E-state index in [4.69, 9.17) is 9.15 Å². The summed E-state index contributed by atoms with van der Waals surface area (Å²) in [6, 6.07) is 10.8. The van der Waals surface area contributed by atoms with Crippen LogP contribution in [0.3, 0.4) is 0 Å². The van der Waals surface area contributed by atoms with Gasteiger partial charge in [0.25, 0.3) is 5.91 Å². The molecule has 0 bridgehead atoms. The number of carbonyl (C=O) groups excluding carboxylic acids is 1. The zero-order valence-corrected chi connectivity index (χ0v) is 15.6. The Bertz CT molecular complexity index is 1110. The van der Waals surface area contributed by atoms with Gasteiger partial charge >= 0.3 is 0 Å². The molecule has 1 amide bonds. The molecule has 1 aliphatic heterocycles. The third-order valence-corrected chi connectivity index (χ3v) is 4.95. The average Bonchev–Trinajstić information content (AvgIpc) is 3.22. The molecule has 7 heteroatoms. The Morgan fingerprint density at radius 3 is 2.72 bits per heavy atom. The van der Waals surface area contributed by atoms with E-state index in [-0.39, 0.29) is 35.9 Å². The van der Waals surface area contributed by atoms with E-state index in [2.05, 4.69) is 0 Å². The van der Waals surface area contributed by atoms with E-state index < -0.39 is 23.0 Å². The summed E-state index contributed by atoms with van der Waals surface area (Å²) in [5.74, 6) is -1.72. The Morgan fingerprint density at radius 1 is 1.14 bits per heavy atom. The van der Waals surface area contributed by atoms with Crippen LogP contribution in [0.5, 0.6) is 0 Å². The molecule has 2 aromatic carbocycles. The largest absolute Gasteiger partial charge is 0.451 e. The van der Waals surface area contributed by atoms with Crippen molar-refractivity contribution in [2.75, 3.05) is 13.2 Å². The number of nitrogens with zero attached hydrogens (tertiary/aromatic N) is 1. The van der Waals surface area contributed by atoms with E-state index in [1.54, 1.807) is 18.2 Å². The van der Waals surface area contributed by atoms with Crippen molar-refractivity contribution in [1.82, 2.24) is 4.90 Å². The first kappa shape index (κ1) is 19.3. The molecule has 1 aliphatic rings. The third-order valence-electron chi connectivity index (χ3n) is 4.95. The number of hydrogen-bond acceptors (Lipinski definition) is 4. The van der Waals surface area contributed by atoms with Gasteiger partial charge in [0.15, 0.2) is 11.2 Å². The van der Waals surface area contributed by atoms with E-state index in [1.807, 2.05) is 0 Å². The Hall–Kier alpha value is -3.06. The first-order valence-corrected chi connectivity index (χ1v) is 9.39. The van der Waals surface area contributed by atoms with Crippen LogP contribution in [0.2, 0.25) is 0 Å². The summed E-state index contributed by atoms with van der Waals surface area (Å²) >= 11 is 0. The van der Waals surface area contributed by atoms with Crippen LogP contribution in [0.1, 0.15) is 29.0 Å². The maximum atomic E-state index is 14.2. The molecule has 0 spiro atoms. The van der Waals surface area contributed by atoms with Gasteiger partial charge in [0.2, 0.25) is 0 Å². The molecule has 0 N–H and O–H groups in total. The molecule has 1 fully saturated rings. The van der Waals surface area contributed by atoms with Crippen molar-refractivity contribution >= 4 is 16.9 Å². The summed E-state index contributed by atoms with van der Waals surface area (Å²) in [6.07, 6.45) is 1.53. The van der Waals surface area contributed by atoms with Crippen LogP contribution < -0.4 is 5.43 Å². The van der Waals surface area contributed by atoms with E-state index in [0.29, 0.717) is 12.2 Å². The Balaban J connectivity index is 1.68. The second kappa shape index (κ2) is 8.13. The van der Waals surface area contributed by atoms with E-state index in [1.165, 1.54) is 17.0 Å². The molecular formula is C22H19F2NO4. The molecule has 0 saturated carbocycles. The number of hydrogen-bond donors (Lipinski definition) is 0. The topological polar surface area (TPSA) is 59.8 Å². The van der Waals surface area contributed by atoms with Crippen LogP contribution in [0.25, 0.3) is 11.0 Å². The summed E-state index contributed by atoms with van der Waals surface area (Å²) in [5, 5.41) is 0.0568. The van der Waals surface area contributed by atoms with Gasteiger partial charge in [-0.3, -0.25) is 9.59 Å². The van der Waals surface area contributed by atoms with Gasteiger partial charge in [-0.2, -0.15) is 0 Å². The highest BCUT2D eigenvalue weighted by Crippen LogP contribution is 2.20. The molecule has 150 valence electrons. The van der Waals surface area contributed by atoms with Crippen molar-refractivity contribution in [2.45, 2.75) is 25.5 Å². The Morgan fingerprint density at radius 2 is 1.97 bits per heavy atom. The zero-order chi connectivity index (χ0) is 20.4. The molecule has 1 aromatic heterocycles. The van der Waals surface area contributed by atoms with Gasteiger partial charge in [-0.05, 0) is 37.1 Å². The summed E-state index contributed by atoms with van der Waals surface area (Å²) in [4.78, 5) is 26.9. The number of rotatable bonds is 5. The van der Waals surface area contributed by atoms with Gasteiger partial charge < -0.3 is 14.1 Å². The highest BCUT2D eigenvalue weighted by molar-refractivity contribution is 5.93. The van der Waals surface area contributed by atoms with Gasteiger partial charge in [0.1, 0.15) is 17.2 Å². The molecule has 5 nitrogen and oxygen atoms in total. The predicted molar refractivity (Wildman–Crippen MR) is 103 cm³/mol. The average molecular weight is 399 g/mol. The number of halogens is 2. The van der Waals surface area contributed by atoms with Gasteiger partial charge in [-0.1, -0.05) is 18.2 Å². The van der Waals surface area contributed by atoms with Crippen LogP contribution >= 0.6 is 0 Å². The minimum absolute atomic E-state index is 0.0104. The number of carbonyl (C=O) groups is 1. The number of benzene rings is 2. The molecule has 4 rings (SSSR count). The normalized spacial score (nSPS) is 16.3. The lowest BCUT2D eigenvalue weighted by molar-refractivity contribution is 0.0482. The van der Waals surface area contributed by atoms with Crippen molar-refractivity contribution < 1.29 is 22.7 Å². The molecule has 0 aliphatic carbocycles. The lowest BCUT2D eigenvalue weighted by Gasteiger charge is -2.25. The number of amides is 1. The van der Waals surface area contributed by atoms with Crippen molar-refractivity contribution in [3.8, 4) is 0 Å². The van der Waals surface area contributed by atoms with Crippen molar-refractivity contribution in [3.05, 3.63) is 81.7 Å². The van der Waals surface area contributed by atoms with Gasteiger partial charge in [-0.15, -0.1) is 0 Å². The summed E-state index contributed by atoms with van der Waals surface area (Å²) < 4.78 is 38.8. The molecule has 1 saturated heterocycles. The van der Waals surface area contributed by atoms with Gasteiger partial charge in [0, 0.05) is 31.3 Å². The summed E-state index contributed by atoms with van der Waals surface area (Å²) in [6.45, 7) is 0.873. The van der Waals surface area contributed by atoms with Crippen molar-refractivity contribution in [2.24, 2.45) is 0 Å². The fourth-order valence-corrected chi connectivity index (χ4v) is 3.48. The fourth-order valence-electron chi connectivity index (χ4n) is 3.48. The lowest BCUT2D eigenvalue weighted by atomic mass is 10.1.